The van der Waals surface area contributed by atoms with Crippen molar-refractivity contribution in [3.8, 4) is 0 Å². The minimum absolute atomic E-state index is 0.120. The number of anilines is 1. The summed E-state index contributed by atoms with van der Waals surface area (Å²) in [5, 5.41) is 18.2. The number of amides is 1. The summed E-state index contributed by atoms with van der Waals surface area (Å²) in [6, 6.07) is 18.5. The molecular weight excluding hydrogens is 388 g/mol. The van der Waals surface area contributed by atoms with Crippen LogP contribution in [0.1, 0.15) is 26.3 Å². The zero-order valence-corrected chi connectivity index (χ0v) is 15.8. The van der Waals surface area contributed by atoms with Crippen LogP contribution in [0.25, 0.3) is 0 Å². The number of hydrogen-bond acceptors (Lipinski definition) is 7. The number of nitrogens with zero attached hydrogens (tertiary/aromatic N) is 3. The first kappa shape index (κ1) is 20.3. The number of nitro benzene ring substituents is 1. The number of carbonyl (C=O) groups excluding carboxylic acids is 2. The van der Waals surface area contributed by atoms with Gasteiger partial charge in [0.2, 0.25) is 0 Å². The van der Waals surface area contributed by atoms with Crippen molar-refractivity contribution in [1.29, 1.82) is 0 Å². The van der Waals surface area contributed by atoms with Gasteiger partial charge in [-0.1, -0.05) is 17.7 Å². The highest BCUT2D eigenvalue weighted by molar-refractivity contribution is 5.94. The van der Waals surface area contributed by atoms with Gasteiger partial charge in [-0.3, -0.25) is 14.9 Å². The average molecular weight is 404 g/mol. The summed E-state index contributed by atoms with van der Waals surface area (Å²) in [5.41, 5.74) is 4.84. The molecule has 0 aromatic heterocycles. The Morgan fingerprint density at radius 2 is 1.67 bits per heavy atom. The molecule has 30 heavy (non-hydrogen) atoms. The normalized spacial score (nSPS) is 10.6. The maximum Gasteiger partial charge on any atom is 0.362 e. The Morgan fingerprint density at radius 3 is 2.30 bits per heavy atom. The zero-order valence-electron chi connectivity index (χ0n) is 15.8. The second-order valence-electron chi connectivity index (χ2n) is 6.22. The van der Waals surface area contributed by atoms with E-state index in [1.54, 1.807) is 42.5 Å². The van der Waals surface area contributed by atoms with Gasteiger partial charge in [0, 0.05) is 17.7 Å². The predicted molar refractivity (Wildman–Crippen MR) is 109 cm³/mol. The number of rotatable bonds is 6. The van der Waals surface area contributed by atoms with E-state index in [2.05, 4.69) is 15.7 Å². The highest BCUT2D eigenvalue weighted by Crippen LogP contribution is 2.18. The molecule has 0 aliphatic rings. The molecule has 0 heterocycles. The third-order valence-corrected chi connectivity index (χ3v) is 3.96. The second kappa shape index (κ2) is 9.20. The van der Waals surface area contributed by atoms with Gasteiger partial charge in [-0.05, 0) is 55.5 Å². The number of azo groups is 1. The number of aryl methyl sites for hydroxylation is 1. The predicted octanol–water partition coefficient (Wildman–Crippen LogP) is 5.01. The summed E-state index contributed by atoms with van der Waals surface area (Å²) >= 11 is 0. The average Bonchev–Trinajstić information content (AvgIpc) is 2.76. The highest BCUT2D eigenvalue weighted by atomic mass is 16.7. The third-order valence-electron chi connectivity index (χ3n) is 3.96. The Kier molecular flexibility index (Phi) is 6.23. The van der Waals surface area contributed by atoms with E-state index in [9.17, 15) is 19.7 Å². The topological polar surface area (TPSA) is 123 Å². The molecule has 0 spiro atoms. The van der Waals surface area contributed by atoms with Crippen molar-refractivity contribution in [3.63, 3.8) is 0 Å². The van der Waals surface area contributed by atoms with Gasteiger partial charge in [-0.2, -0.15) is 0 Å². The summed E-state index contributed by atoms with van der Waals surface area (Å²) in [5.74, 6) is -1.14. The third kappa shape index (κ3) is 5.32. The standard InChI is InChI=1S/C21H16N4O5/c1-14-3-2-4-16(13-14)20(26)23-22-17-7-9-18(10-8-17)24-30-21(27)15-5-11-19(12-6-15)25(28)29/h2-13,24H,1H3. The molecule has 1 N–H and O–H groups in total. The molecule has 0 bridgehead atoms. The van der Waals surface area contributed by atoms with Crippen LogP contribution in [0.4, 0.5) is 17.1 Å². The first-order valence-corrected chi connectivity index (χ1v) is 8.77. The molecule has 0 aliphatic carbocycles. The molecule has 0 saturated carbocycles. The van der Waals surface area contributed by atoms with E-state index in [4.69, 9.17) is 4.84 Å². The maximum absolute atomic E-state index is 12.0. The molecule has 150 valence electrons. The lowest BCUT2D eigenvalue weighted by Gasteiger charge is -2.06. The molecule has 0 unspecified atom stereocenters. The molecule has 0 radical (unpaired) electrons. The smallest absolute Gasteiger partial charge is 0.338 e. The molecule has 1 amide bonds. The summed E-state index contributed by atoms with van der Waals surface area (Å²) < 4.78 is 0. The number of non-ortho nitro benzene ring substituents is 1. The van der Waals surface area contributed by atoms with E-state index >= 15 is 0 Å². The van der Waals surface area contributed by atoms with Gasteiger partial charge >= 0.3 is 5.97 Å². The fourth-order valence-electron chi connectivity index (χ4n) is 2.42. The van der Waals surface area contributed by atoms with Crippen LogP contribution in [0.2, 0.25) is 0 Å². The Morgan fingerprint density at radius 1 is 0.967 bits per heavy atom. The van der Waals surface area contributed by atoms with E-state index in [0.717, 1.165) is 5.56 Å². The van der Waals surface area contributed by atoms with Crippen LogP contribution in [0.5, 0.6) is 0 Å². The van der Waals surface area contributed by atoms with Gasteiger partial charge in [0.25, 0.3) is 11.6 Å². The monoisotopic (exact) mass is 404 g/mol. The minimum atomic E-state index is -0.697. The van der Waals surface area contributed by atoms with Crippen molar-refractivity contribution in [2.24, 2.45) is 10.2 Å². The summed E-state index contributed by atoms with van der Waals surface area (Å²) in [6.07, 6.45) is 0. The molecule has 0 atom stereocenters. The second-order valence-corrected chi connectivity index (χ2v) is 6.22. The van der Waals surface area contributed by atoms with Crippen LogP contribution < -0.4 is 5.48 Å². The van der Waals surface area contributed by atoms with Crippen molar-refractivity contribution in [2.45, 2.75) is 6.92 Å². The number of nitrogens with one attached hydrogen (secondary N) is 1. The molecular formula is C21H16N4O5. The molecule has 0 saturated heterocycles. The quantitative estimate of drug-likeness (QED) is 0.350. The highest BCUT2D eigenvalue weighted by Gasteiger charge is 2.11. The minimum Gasteiger partial charge on any atom is -0.338 e. The van der Waals surface area contributed by atoms with Crippen molar-refractivity contribution < 1.29 is 19.3 Å². The van der Waals surface area contributed by atoms with Gasteiger partial charge in [0.15, 0.2) is 0 Å². The number of benzene rings is 3. The van der Waals surface area contributed by atoms with E-state index in [0.29, 0.717) is 16.9 Å². The van der Waals surface area contributed by atoms with Gasteiger partial charge in [-0.25, -0.2) is 10.3 Å². The maximum atomic E-state index is 12.0. The molecule has 0 aliphatic heterocycles. The van der Waals surface area contributed by atoms with Crippen LogP contribution >= 0.6 is 0 Å². The lowest BCUT2D eigenvalue weighted by atomic mass is 10.1. The van der Waals surface area contributed by atoms with E-state index < -0.39 is 16.8 Å². The molecule has 9 nitrogen and oxygen atoms in total. The zero-order chi connectivity index (χ0) is 21.5. The lowest BCUT2D eigenvalue weighted by Crippen LogP contribution is -2.10. The first-order chi connectivity index (χ1) is 14.4. The number of hydrogen-bond donors (Lipinski definition) is 1. The van der Waals surface area contributed by atoms with Gasteiger partial charge in [0.1, 0.15) is 0 Å². The SMILES string of the molecule is Cc1cccc(C(=O)N=Nc2ccc(NOC(=O)c3ccc([N+](=O)[O-])cc3)cc2)c1. The van der Waals surface area contributed by atoms with Crippen LogP contribution in [0.3, 0.4) is 0 Å². The molecule has 3 rings (SSSR count). The molecule has 3 aromatic carbocycles. The van der Waals surface area contributed by atoms with Crippen LogP contribution in [-0.4, -0.2) is 16.8 Å². The molecule has 9 heteroatoms. The van der Waals surface area contributed by atoms with Crippen molar-refractivity contribution in [2.75, 3.05) is 5.48 Å². The largest absolute Gasteiger partial charge is 0.362 e. The van der Waals surface area contributed by atoms with Crippen molar-refractivity contribution >= 4 is 28.9 Å². The summed E-state index contributed by atoms with van der Waals surface area (Å²) in [7, 11) is 0. The summed E-state index contributed by atoms with van der Waals surface area (Å²) in [4.78, 5) is 39.1. The van der Waals surface area contributed by atoms with Crippen molar-refractivity contribution in [1.82, 2.24) is 0 Å². The van der Waals surface area contributed by atoms with Crippen LogP contribution in [0, 0.1) is 17.0 Å². The fraction of sp³-hybridized carbons (Fsp3) is 0.0476. The van der Waals surface area contributed by atoms with E-state index in [1.165, 1.54) is 24.3 Å². The van der Waals surface area contributed by atoms with Gasteiger partial charge in [-0.15, -0.1) is 10.2 Å². The Bertz CT molecular complexity index is 1110. The molecule has 0 fully saturated rings. The number of carbonyl (C=O) groups is 2. The Balaban J connectivity index is 1.55. The van der Waals surface area contributed by atoms with Crippen molar-refractivity contribution in [3.05, 3.63) is 99.6 Å². The molecule has 3 aromatic rings. The summed E-state index contributed by atoms with van der Waals surface area (Å²) in [6.45, 7) is 1.88. The van der Waals surface area contributed by atoms with Crippen LogP contribution in [-0.2, 0) is 4.84 Å². The van der Waals surface area contributed by atoms with Crippen LogP contribution in [0.15, 0.2) is 83.0 Å². The number of nitro groups is 1. The van der Waals surface area contributed by atoms with E-state index in [1.807, 2.05) is 13.0 Å². The fourth-order valence-corrected chi connectivity index (χ4v) is 2.42. The first-order valence-electron chi connectivity index (χ1n) is 8.77. The van der Waals surface area contributed by atoms with E-state index in [-0.39, 0.29) is 11.3 Å². The van der Waals surface area contributed by atoms with Gasteiger partial charge < -0.3 is 4.84 Å². The Labute approximate surface area is 171 Å². The Hall–Kier alpha value is -4.40. The van der Waals surface area contributed by atoms with Gasteiger partial charge in [0.05, 0.1) is 21.9 Å². The lowest BCUT2D eigenvalue weighted by molar-refractivity contribution is -0.384.